The molecule has 3 atom stereocenters. The number of carbonyl (C=O) groups is 1. The van der Waals surface area contributed by atoms with Crippen LogP contribution in [0.15, 0.2) is 17.1 Å². The molecule has 31 heavy (non-hydrogen) atoms. The van der Waals surface area contributed by atoms with Crippen LogP contribution >= 0.6 is 0 Å². The maximum Gasteiger partial charge on any atom is 0.221 e. The second-order valence-corrected chi connectivity index (χ2v) is 9.52. The van der Waals surface area contributed by atoms with Gasteiger partial charge in [0.2, 0.25) is 5.91 Å². The molecule has 0 fully saturated rings. The SMILES string of the molecule is CCCCCCCCC/C=C/CCCCCCCC1N=CC[N+]1(CC)C(C)NC(C)=O. The van der Waals surface area contributed by atoms with E-state index in [2.05, 4.69) is 44.5 Å². The van der Waals surface area contributed by atoms with Gasteiger partial charge in [-0.15, -0.1) is 0 Å². The molecule has 1 aliphatic rings. The lowest BCUT2D eigenvalue weighted by Gasteiger charge is -2.42. The molecule has 0 spiro atoms. The van der Waals surface area contributed by atoms with Gasteiger partial charge >= 0.3 is 0 Å². The minimum absolute atomic E-state index is 0.0561. The molecular weight excluding hydrogens is 382 g/mol. The van der Waals surface area contributed by atoms with Crippen molar-refractivity contribution in [1.29, 1.82) is 0 Å². The first kappa shape index (κ1) is 27.9. The zero-order valence-corrected chi connectivity index (χ0v) is 21.2. The smallest absolute Gasteiger partial charge is 0.221 e. The number of carbonyl (C=O) groups excluding carboxylic acids is 1. The number of nitrogens with zero attached hydrogens (tertiary/aromatic N) is 2. The van der Waals surface area contributed by atoms with Gasteiger partial charge in [0, 0.05) is 20.3 Å². The Morgan fingerprint density at radius 1 is 0.968 bits per heavy atom. The Kier molecular flexibility index (Phi) is 15.6. The number of allylic oxidation sites excluding steroid dienone is 2. The zero-order chi connectivity index (χ0) is 22.8. The van der Waals surface area contributed by atoms with Crippen molar-refractivity contribution in [3.8, 4) is 0 Å². The van der Waals surface area contributed by atoms with Crippen LogP contribution in [0.1, 0.15) is 124 Å². The summed E-state index contributed by atoms with van der Waals surface area (Å²) < 4.78 is 0.878. The number of nitrogens with one attached hydrogen (secondary N) is 1. The molecule has 1 aliphatic heterocycles. The molecule has 1 amide bonds. The fourth-order valence-electron chi connectivity index (χ4n) is 4.93. The first-order chi connectivity index (χ1) is 15.1. The van der Waals surface area contributed by atoms with E-state index in [0.717, 1.165) is 24.0 Å². The normalized spacial score (nSPS) is 21.7. The highest BCUT2D eigenvalue weighted by Gasteiger charge is 2.42. The van der Waals surface area contributed by atoms with E-state index in [0.29, 0.717) is 6.17 Å². The summed E-state index contributed by atoms with van der Waals surface area (Å²) in [5.41, 5.74) is 0. The molecule has 0 aromatic rings. The number of amides is 1. The summed E-state index contributed by atoms with van der Waals surface area (Å²) in [6, 6.07) is 0. The Morgan fingerprint density at radius 3 is 2.06 bits per heavy atom. The van der Waals surface area contributed by atoms with Crippen LogP contribution in [0.2, 0.25) is 0 Å². The first-order valence-corrected chi connectivity index (χ1v) is 13.4. The van der Waals surface area contributed by atoms with Gasteiger partial charge < -0.3 is 5.32 Å². The predicted molar refractivity (Wildman–Crippen MR) is 135 cm³/mol. The van der Waals surface area contributed by atoms with Crippen LogP contribution in [0.4, 0.5) is 0 Å². The van der Waals surface area contributed by atoms with Crippen LogP contribution in [0.3, 0.4) is 0 Å². The molecule has 1 rings (SSSR count). The third kappa shape index (κ3) is 11.3. The summed E-state index contributed by atoms with van der Waals surface area (Å²) in [5.74, 6) is 0.0561. The van der Waals surface area contributed by atoms with Crippen LogP contribution in [0.5, 0.6) is 0 Å². The molecule has 0 saturated carbocycles. The topological polar surface area (TPSA) is 41.5 Å². The number of hydrogen-bond acceptors (Lipinski definition) is 2. The van der Waals surface area contributed by atoms with Gasteiger partial charge in [-0.25, -0.2) is 4.99 Å². The third-order valence-corrected chi connectivity index (χ3v) is 7.04. The Balaban J connectivity index is 2.04. The molecule has 0 aliphatic carbocycles. The van der Waals surface area contributed by atoms with Gasteiger partial charge in [0.1, 0.15) is 6.54 Å². The van der Waals surface area contributed by atoms with Crippen LogP contribution in [-0.2, 0) is 4.79 Å². The van der Waals surface area contributed by atoms with E-state index in [1.807, 2.05) is 0 Å². The van der Waals surface area contributed by atoms with Crippen molar-refractivity contribution in [2.24, 2.45) is 4.99 Å². The third-order valence-electron chi connectivity index (χ3n) is 7.04. The van der Waals surface area contributed by atoms with E-state index in [1.54, 1.807) is 6.92 Å². The average Bonchev–Trinajstić information content (AvgIpc) is 3.17. The van der Waals surface area contributed by atoms with Gasteiger partial charge in [0.25, 0.3) is 0 Å². The van der Waals surface area contributed by atoms with Gasteiger partial charge in [-0.2, -0.15) is 0 Å². The van der Waals surface area contributed by atoms with Crippen molar-refractivity contribution < 1.29 is 9.28 Å². The fourth-order valence-corrected chi connectivity index (χ4v) is 4.93. The second-order valence-electron chi connectivity index (χ2n) is 9.52. The number of quaternary nitrogens is 1. The molecule has 1 N–H and O–H groups in total. The summed E-state index contributed by atoms with van der Waals surface area (Å²) in [6.07, 6.45) is 27.3. The highest BCUT2D eigenvalue weighted by Crippen LogP contribution is 2.27. The number of aliphatic imine (C=N–C) groups is 1. The largest absolute Gasteiger partial charge is 0.307 e. The molecule has 180 valence electrons. The Hall–Kier alpha value is -1.16. The molecular formula is C27H52N3O+. The van der Waals surface area contributed by atoms with Gasteiger partial charge in [0.05, 0.1) is 12.8 Å². The van der Waals surface area contributed by atoms with Crippen molar-refractivity contribution in [3.05, 3.63) is 12.2 Å². The maximum atomic E-state index is 11.5. The van der Waals surface area contributed by atoms with Crippen molar-refractivity contribution in [1.82, 2.24) is 5.32 Å². The summed E-state index contributed by atoms with van der Waals surface area (Å²) in [5, 5.41) is 3.11. The van der Waals surface area contributed by atoms with Crippen molar-refractivity contribution in [2.45, 2.75) is 136 Å². The van der Waals surface area contributed by atoms with E-state index < -0.39 is 0 Å². The maximum absolute atomic E-state index is 11.5. The number of rotatable bonds is 19. The van der Waals surface area contributed by atoms with E-state index in [-0.39, 0.29) is 12.1 Å². The molecule has 1 heterocycles. The van der Waals surface area contributed by atoms with Gasteiger partial charge in [-0.05, 0) is 39.0 Å². The lowest BCUT2D eigenvalue weighted by atomic mass is 10.1. The molecule has 4 nitrogen and oxygen atoms in total. The monoisotopic (exact) mass is 434 g/mol. The highest BCUT2D eigenvalue weighted by atomic mass is 16.1. The minimum Gasteiger partial charge on any atom is -0.307 e. The van der Waals surface area contributed by atoms with Gasteiger partial charge in [-0.1, -0.05) is 76.9 Å². The lowest BCUT2D eigenvalue weighted by Crippen LogP contribution is -2.63. The molecule has 0 aromatic heterocycles. The molecule has 4 heteroatoms. The highest BCUT2D eigenvalue weighted by molar-refractivity contribution is 5.73. The fraction of sp³-hybridized carbons (Fsp3) is 0.852. The van der Waals surface area contributed by atoms with Gasteiger partial charge in [-0.3, -0.25) is 9.28 Å². The minimum atomic E-state index is 0.0561. The van der Waals surface area contributed by atoms with E-state index in [9.17, 15) is 4.79 Å². The lowest BCUT2D eigenvalue weighted by molar-refractivity contribution is -0.959. The summed E-state index contributed by atoms with van der Waals surface area (Å²) >= 11 is 0. The van der Waals surface area contributed by atoms with Gasteiger partial charge in [0.15, 0.2) is 12.3 Å². The van der Waals surface area contributed by atoms with Crippen molar-refractivity contribution in [2.75, 3.05) is 13.1 Å². The molecule has 0 radical (unpaired) electrons. The molecule has 0 saturated heterocycles. The second kappa shape index (κ2) is 17.4. The van der Waals surface area contributed by atoms with Crippen molar-refractivity contribution in [3.63, 3.8) is 0 Å². The zero-order valence-electron chi connectivity index (χ0n) is 21.2. The Bertz CT molecular complexity index is 517. The first-order valence-electron chi connectivity index (χ1n) is 13.4. The average molecular weight is 435 g/mol. The molecule has 0 bridgehead atoms. The Labute approximate surface area is 193 Å². The number of hydrogen-bond donors (Lipinski definition) is 1. The van der Waals surface area contributed by atoms with E-state index in [1.165, 1.54) is 89.9 Å². The quantitative estimate of drug-likeness (QED) is 0.131. The molecule has 3 unspecified atom stereocenters. The summed E-state index contributed by atoms with van der Waals surface area (Å²) in [6.45, 7) is 10.2. The molecule has 0 aromatic carbocycles. The van der Waals surface area contributed by atoms with Crippen molar-refractivity contribution >= 4 is 12.1 Å². The van der Waals surface area contributed by atoms with E-state index >= 15 is 0 Å². The summed E-state index contributed by atoms with van der Waals surface area (Å²) in [4.78, 5) is 16.3. The van der Waals surface area contributed by atoms with Crippen LogP contribution in [0.25, 0.3) is 0 Å². The van der Waals surface area contributed by atoms with Crippen LogP contribution in [-0.4, -0.2) is 42.0 Å². The van der Waals surface area contributed by atoms with E-state index in [4.69, 9.17) is 4.99 Å². The van der Waals surface area contributed by atoms with Crippen LogP contribution in [0, 0.1) is 0 Å². The van der Waals surface area contributed by atoms with Crippen LogP contribution < -0.4 is 5.32 Å². The number of unbranched alkanes of at least 4 members (excludes halogenated alkanes) is 12. The Morgan fingerprint density at radius 2 is 1.52 bits per heavy atom. The predicted octanol–water partition coefficient (Wildman–Crippen LogP) is 7.14. The summed E-state index contributed by atoms with van der Waals surface area (Å²) in [7, 11) is 0. The standard InChI is InChI=1S/C27H51N3O/c1-5-7-8-9-10-11-12-13-14-15-16-17-18-19-20-21-22-27-28-23-24-30(27,6-2)25(3)29-26(4)31/h14-15,23,25,27H,5-13,16-22,24H2,1-4H3/p+1/b15-14+.